The highest BCUT2D eigenvalue weighted by Crippen LogP contribution is 2.31. The highest BCUT2D eigenvalue weighted by molar-refractivity contribution is 9.10. The highest BCUT2D eigenvalue weighted by atomic mass is 79.9. The van der Waals surface area contributed by atoms with Crippen LogP contribution in [0.2, 0.25) is 0 Å². The van der Waals surface area contributed by atoms with Crippen LogP contribution < -0.4 is 5.32 Å². The van der Waals surface area contributed by atoms with Crippen molar-refractivity contribution >= 4 is 39.4 Å². The second-order valence-electron chi connectivity index (χ2n) is 2.34. The van der Waals surface area contributed by atoms with Crippen molar-refractivity contribution in [1.29, 1.82) is 0 Å². The fourth-order valence-electron chi connectivity index (χ4n) is 0.936. The first-order valence-electron chi connectivity index (χ1n) is 3.34. The zero-order valence-electron chi connectivity index (χ0n) is 6.00. The Hall–Kier alpha value is -0.550. The van der Waals surface area contributed by atoms with E-state index in [1.54, 1.807) is 6.20 Å². The molecule has 2 rings (SSSR count). The van der Waals surface area contributed by atoms with Crippen LogP contribution in [0.25, 0.3) is 0 Å². The predicted octanol–water partition coefficient (Wildman–Crippen LogP) is 1.89. The van der Waals surface area contributed by atoms with Gasteiger partial charge in [0.05, 0.1) is 10.6 Å². The molecular formula is C7H5BrN2OS. The van der Waals surface area contributed by atoms with Gasteiger partial charge in [-0.25, -0.2) is 4.98 Å². The first kappa shape index (κ1) is 8.07. The minimum atomic E-state index is 0.0160. The lowest BCUT2D eigenvalue weighted by Crippen LogP contribution is -2.19. The Kier molecular flexibility index (Phi) is 2.06. The molecule has 1 aromatic rings. The van der Waals surface area contributed by atoms with E-state index in [9.17, 15) is 4.79 Å². The van der Waals surface area contributed by atoms with Crippen LogP contribution in [-0.2, 0) is 4.79 Å². The van der Waals surface area contributed by atoms with Gasteiger partial charge in [-0.2, -0.15) is 0 Å². The zero-order valence-corrected chi connectivity index (χ0v) is 8.41. The van der Waals surface area contributed by atoms with Crippen LogP contribution in [0.4, 0.5) is 5.82 Å². The third-order valence-electron chi connectivity index (χ3n) is 1.44. The van der Waals surface area contributed by atoms with Gasteiger partial charge in [0.25, 0.3) is 0 Å². The molecule has 2 heterocycles. The first-order valence-corrected chi connectivity index (χ1v) is 5.12. The number of anilines is 1. The topological polar surface area (TPSA) is 42.0 Å². The summed E-state index contributed by atoms with van der Waals surface area (Å²) >= 11 is 4.82. The Balaban J connectivity index is 2.43. The van der Waals surface area contributed by atoms with Crippen molar-refractivity contribution in [2.24, 2.45) is 0 Å². The Morgan fingerprint density at radius 1 is 1.67 bits per heavy atom. The van der Waals surface area contributed by atoms with E-state index in [-0.39, 0.29) is 5.91 Å². The Labute approximate surface area is 82.1 Å². The van der Waals surface area contributed by atoms with Crippen molar-refractivity contribution in [3.8, 4) is 0 Å². The molecule has 1 aliphatic heterocycles. The largest absolute Gasteiger partial charge is 0.309 e. The van der Waals surface area contributed by atoms with Crippen molar-refractivity contribution in [2.45, 2.75) is 4.90 Å². The van der Waals surface area contributed by atoms with Gasteiger partial charge in [-0.1, -0.05) is 0 Å². The molecule has 0 bridgehead atoms. The normalized spacial score (nSPS) is 15.2. The number of thioether (sulfide) groups is 1. The molecular weight excluding hydrogens is 240 g/mol. The maximum atomic E-state index is 10.9. The number of amides is 1. The SMILES string of the molecule is O=C1CSc2cc(Br)cnc2N1. The van der Waals surface area contributed by atoms with Gasteiger partial charge in [-0.15, -0.1) is 11.8 Å². The fraction of sp³-hybridized carbons (Fsp3) is 0.143. The molecule has 0 saturated carbocycles. The van der Waals surface area contributed by atoms with E-state index in [0.717, 1.165) is 9.37 Å². The van der Waals surface area contributed by atoms with E-state index >= 15 is 0 Å². The van der Waals surface area contributed by atoms with Crippen LogP contribution in [0, 0.1) is 0 Å². The summed E-state index contributed by atoms with van der Waals surface area (Å²) in [7, 11) is 0. The van der Waals surface area contributed by atoms with E-state index in [4.69, 9.17) is 0 Å². The Bertz CT molecular complexity index is 342. The van der Waals surface area contributed by atoms with Gasteiger partial charge >= 0.3 is 0 Å². The summed E-state index contributed by atoms with van der Waals surface area (Å²) in [4.78, 5) is 16.0. The molecule has 1 N–H and O–H groups in total. The second kappa shape index (κ2) is 3.06. The number of fused-ring (bicyclic) bond motifs is 1. The molecule has 5 heteroatoms. The minimum absolute atomic E-state index is 0.0160. The Morgan fingerprint density at radius 3 is 3.33 bits per heavy atom. The summed E-state index contributed by atoms with van der Waals surface area (Å²) in [6.07, 6.45) is 1.67. The summed E-state index contributed by atoms with van der Waals surface area (Å²) in [6, 6.07) is 1.95. The molecule has 0 aromatic carbocycles. The van der Waals surface area contributed by atoms with Gasteiger partial charge in [-0.05, 0) is 22.0 Å². The third-order valence-corrected chi connectivity index (χ3v) is 2.90. The van der Waals surface area contributed by atoms with Crippen molar-refractivity contribution in [2.75, 3.05) is 11.1 Å². The monoisotopic (exact) mass is 244 g/mol. The maximum Gasteiger partial charge on any atom is 0.235 e. The van der Waals surface area contributed by atoms with Crippen molar-refractivity contribution < 1.29 is 4.79 Å². The smallest absolute Gasteiger partial charge is 0.235 e. The van der Waals surface area contributed by atoms with Crippen LogP contribution in [0.3, 0.4) is 0 Å². The molecule has 62 valence electrons. The molecule has 0 fully saturated rings. The van der Waals surface area contributed by atoms with E-state index in [0.29, 0.717) is 11.6 Å². The molecule has 0 atom stereocenters. The number of halogens is 1. The average molecular weight is 245 g/mol. The summed E-state index contributed by atoms with van der Waals surface area (Å²) in [5.74, 6) is 1.16. The molecule has 0 spiro atoms. The van der Waals surface area contributed by atoms with Gasteiger partial charge in [0, 0.05) is 10.7 Å². The predicted molar refractivity (Wildman–Crippen MR) is 51.3 cm³/mol. The van der Waals surface area contributed by atoms with Gasteiger partial charge < -0.3 is 5.32 Å². The van der Waals surface area contributed by atoms with Gasteiger partial charge in [0.2, 0.25) is 5.91 Å². The number of aromatic nitrogens is 1. The molecule has 0 radical (unpaired) electrons. The first-order chi connectivity index (χ1) is 5.75. The standard InChI is InChI=1S/C7H5BrN2OS/c8-4-1-5-7(9-2-4)10-6(11)3-12-5/h1-2H,3H2,(H,9,10,11). The minimum Gasteiger partial charge on any atom is -0.309 e. The van der Waals surface area contributed by atoms with Crippen molar-refractivity contribution in [1.82, 2.24) is 4.98 Å². The number of hydrogen-bond donors (Lipinski definition) is 1. The summed E-state index contributed by atoms with van der Waals surface area (Å²) < 4.78 is 0.935. The quantitative estimate of drug-likeness (QED) is 0.758. The Morgan fingerprint density at radius 2 is 2.50 bits per heavy atom. The lowest BCUT2D eigenvalue weighted by molar-refractivity contribution is -0.113. The average Bonchev–Trinajstić information content (AvgIpc) is 2.05. The van der Waals surface area contributed by atoms with Crippen molar-refractivity contribution in [3.05, 3.63) is 16.7 Å². The number of rotatable bonds is 0. The van der Waals surface area contributed by atoms with Crippen LogP contribution >= 0.6 is 27.7 Å². The third kappa shape index (κ3) is 1.47. The van der Waals surface area contributed by atoms with E-state index in [1.165, 1.54) is 11.8 Å². The number of nitrogens with zero attached hydrogens (tertiary/aromatic N) is 1. The molecule has 0 aliphatic carbocycles. The van der Waals surface area contributed by atoms with Crippen molar-refractivity contribution in [3.63, 3.8) is 0 Å². The van der Waals surface area contributed by atoms with Crippen LogP contribution in [0.1, 0.15) is 0 Å². The summed E-state index contributed by atoms with van der Waals surface area (Å²) in [6.45, 7) is 0. The zero-order chi connectivity index (χ0) is 8.55. The number of hydrogen-bond acceptors (Lipinski definition) is 3. The maximum absolute atomic E-state index is 10.9. The highest BCUT2D eigenvalue weighted by Gasteiger charge is 2.15. The number of pyridine rings is 1. The molecule has 1 aliphatic rings. The second-order valence-corrected chi connectivity index (χ2v) is 4.27. The molecule has 0 saturated heterocycles. The van der Waals surface area contributed by atoms with Crippen LogP contribution in [0.15, 0.2) is 21.6 Å². The van der Waals surface area contributed by atoms with Gasteiger partial charge in [0.15, 0.2) is 0 Å². The number of carbonyl (C=O) groups excluding carboxylic acids is 1. The molecule has 3 nitrogen and oxygen atoms in total. The fourth-order valence-corrected chi connectivity index (χ4v) is 2.23. The van der Waals surface area contributed by atoms with E-state index in [1.807, 2.05) is 6.07 Å². The molecule has 0 unspecified atom stereocenters. The molecule has 1 aromatic heterocycles. The lowest BCUT2D eigenvalue weighted by atomic mass is 10.4. The van der Waals surface area contributed by atoms with Gasteiger partial charge in [-0.3, -0.25) is 4.79 Å². The van der Waals surface area contributed by atoms with Gasteiger partial charge in [0.1, 0.15) is 5.82 Å². The summed E-state index contributed by atoms with van der Waals surface area (Å²) in [5, 5.41) is 2.70. The summed E-state index contributed by atoms with van der Waals surface area (Å²) in [5.41, 5.74) is 0. The number of nitrogens with one attached hydrogen (secondary N) is 1. The lowest BCUT2D eigenvalue weighted by Gasteiger charge is -2.14. The van der Waals surface area contributed by atoms with Crippen LogP contribution in [-0.4, -0.2) is 16.6 Å². The van der Waals surface area contributed by atoms with E-state index in [2.05, 4.69) is 26.2 Å². The van der Waals surface area contributed by atoms with Crippen LogP contribution in [0.5, 0.6) is 0 Å². The molecule has 12 heavy (non-hydrogen) atoms. The number of carbonyl (C=O) groups is 1. The van der Waals surface area contributed by atoms with E-state index < -0.39 is 0 Å². The molecule has 1 amide bonds.